The van der Waals surface area contributed by atoms with Crippen molar-refractivity contribution in [1.29, 1.82) is 0 Å². The van der Waals surface area contributed by atoms with Crippen molar-refractivity contribution in [2.75, 3.05) is 11.5 Å². The van der Waals surface area contributed by atoms with E-state index in [9.17, 15) is 21.6 Å². The van der Waals surface area contributed by atoms with Crippen LogP contribution in [0.2, 0.25) is 0 Å². The molecule has 0 aliphatic heterocycles. The summed E-state index contributed by atoms with van der Waals surface area (Å²) in [6.07, 6.45) is -3.52. The standard InChI is InChI=1S/C10H10F3N3O2S/c1-2-19(17,18)9-8(14)15-7-5-6(10(11,12)13)3-4-16(7)9/h3-5H,2,14H2,1H3. The number of alkyl halides is 3. The molecule has 0 aliphatic rings. The molecule has 0 aromatic carbocycles. The largest absolute Gasteiger partial charge is 0.416 e. The van der Waals surface area contributed by atoms with Crippen LogP contribution in [0.4, 0.5) is 19.0 Å². The molecule has 2 aromatic rings. The molecule has 5 nitrogen and oxygen atoms in total. The number of anilines is 1. The van der Waals surface area contributed by atoms with E-state index in [-0.39, 0.29) is 22.2 Å². The number of rotatable bonds is 2. The molecule has 0 saturated carbocycles. The number of nitrogen functional groups attached to an aromatic ring is 1. The van der Waals surface area contributed by atoms with Crippen LogP contribution in [0.5, 0.6) is 0 Å². The Morgan fingerprint density at radius 3 is 2.58 bits per heavy atom. The van der Waals surface area contributed by atoms with Gasteiger partial charge in [0.2, 0.25) is 0 Å². The maximum Gasteiger partial charge on any atom is 0.416 e. The lowest BCUT2D eigenvalue weighted by atomic mass is 10.2. The highest BCUT2D eigenvalue weighted by atomic mass is 32.2. The van der Waals surface area contributed by atoms with Gasteiger partial charge in [0.05, 0.1) is 11.3 Å². The first-order valence-electron chi connectivity index (χ1n) is 5.24. The summed E-state index contributed by atoms with van der Waals surface area (Å²) in [6, 6.07) is 1.54. The van der Waals surface area contributed by atoms with E-state index in [1.807, 2.05) is 0 Å². The summed E-state index contributed by atoms with van der Waals surface area (Å²) in [4.78, 5) is 3.66. The smallest absolute Gasteiger partial charge is 0.381 e. The number of hydrogen-bond acceptors (Lipinski definition) is 4. The minimum Gasteiger partial charge on any atom is -0.381 e. The first-order chi connectivity index (χ1) is 8.66. The van der Waals surface area contributed by atoms with Crippen LogP contribution in [0.15, 0.2) is 23.4 Å². The Labute approximate surface area is 106 Å². The van der Waals surface area contributed by atoms with Crippen molar-refractivity contribution in [2.45, 2.75) is 18.1 Å². The zero-order valence-corrected chi connectivity index (χ0v) is 10.6. The molecule has 0 bridgehead atoms. The fourth-order valence-electron chi connectivity index (χ4n) is 1.66. The zero-order chi connectivity index (χ0) is 14.4. The van der Waals surface area contributed by atoms with Crippen LogP contribution in [0.1, 0.15) is 12.5 Å². The number of imidazole rings is 1. The molecule has 0 unspecified atom stereocenters. The molecular formula is C10H10F3N3O2S. The Hall–Kier alpha value is -1.77. The van der Waals surface area contributed by atoms with Gasteiger partial charge in [-0.25, -0.2) is 13.4 Å². The van der Waals surface area contributed by atoms with Gasteiger partial charge in [0.1, 0.15) is 5.65 Å². The predicted octanol–water partition coefficient (Wildman–Crippen LogP) is 1.73. The highest BCUT2D eigenvalue weighted by Crippen LogP contribution is 2.31. The number of aromatic nitrogens is 2. The van der Waals surface area contributed by atoms with Crippen LogP contribution < -0.4 is 5.73 Å². The summed E-state index contributed by atoms with van der Waals surface area (Å²) in [5.41, 5.74) is 4.42. The number of pyridine rings is 1. The summed E-state index contributed by atoms with van der Waals surface area (Å²) in [5.74, 6) is -0.521. The molecular weight excluding hydrogens is 283 g/mol. The molecule has 2 heterocycles. The lowest BCUT2D eigenvalue weighted by Gasteiger charge is -2.07. The Bertz CT molecular complexity index is 734. The highest BCUT2D eigenvalue weighted by molar-refractivity contribution is 7.91. The van der Waals surface area contributed by atoms with E-state index in [1.54, 1.807) is 0 Å². The second-order valence-electron chi connectivity index (χ2n) is 3.85. The molecule has 2 aromatic heterocycles. The van der Waals surface area contributed by atoms with Gasteiger partial charge in [0.25, 0.3) is 0 Å². The van der Waals surface area contributed by atoms with Crippen LogP contribution in [0.25, 0.3) is 5.65 Å². The quantitative estimate of drug-likeness (QED) is 0.914. The van der Waals surface area contributed by atoms with Crippen molar-refractivity contribution in [3.8, 4) is 0 Å². The molecule has 104 valence electrons. The maximum atomic E-state index is 12.5. The Morgan fingerprint density at radius 1 is 1.42 bits per heavy atom. The van der Waals surface area contributed by atoms with Crippen LogP contribution in [0.3, 0.4) is 0 Å². The maximum absolute atomic E-state index is 12.5. The summed E-state index contributed by atoms with van der Waals surface area (Å²) in [6.45, 7) is 1.41. The summed E-state index contributed by atoms with van der Waals surface area (Å²) >= 11 is 0. The van der Waals surface area contributed by atoms with Crippen LogP contribution in [0, 0.1) is 0 Å². The van der Waals surface area contributed by atoms with Crippen molar-refractivity contribution in [3.63, 3.8) is 0 Å². The number of nitrogens with two attached hydrogens (primary N) is 1. The SMILES string of the molecule is CCS(=O)(=O)c1c(N)nc2cc(C(F)(F)F)ccn12. The normalized spacial score (nSPS) is 13.1. The molecule has 0 radical (unpaired) electrons. The second-order valence-corrected chi connectivity index (χ2v) is 6.04. The Kier molecular flexibility index (Phi) is 2.96. The summed E-state index contributed by atoms with van der Waals surface area (Å²) in [5, 5.41) is -0.279. The van der Waals surface area contributed by atoms with Gasteiger partial charge < -0.3 is 5.73 Å². The van der Waals surface area contributed by atoms with Crippen molar-refractivity contribution in [2.24, 2.45) is 0 Å². The third-order valence-corrected chi connectivity index (χ3v) is 4.36. The molecule has 0 saturated heterocycles. The van der Waals surface area contributed by atoms with Gasteiger partial charge in [-0.1, -0.05) is 6.92 Å². The lowest BCUT2D eigenvalue weighted by Crippen LogP contribution is -2.10. The van der Waals surface area contributed by atoms with Crippen LogP contribution >= 0.6 is 0 Å². The monoisotopic (exact) mass is 293 g/mol. The van der Waals surface area contributed by atoms with Gasteiger partial charge in [0.15, 0.2) is 20.7 Å². The number of nitrogens with zero attached hydrogens (tertiary/aromatic N) is 2. The summed E-state index contributed by atoms with van der Waals surface area (Å²) in [7, 11) is -3.67. The Morgan fingerprint density at radius 2 is 2.05 bits per heavy atom. The number of halogens is 3. The lowest BCUT2D eigenvalue weighted by molar-refractivity contribution is -0.137. The van der Waals surface area contributed by atoms with E-state index < -0.39 is 21.6 Å². The van der Waals surface area contributed by atoms with Crippen LogP contribution in [-0.4, -0.2) is 23.6 Å². The third-order valence-electron chi connectivity index (χ3n) is 2.61. The third kappa shape index (κ3) is 2.25. The van der Waals surface area contributed by atoms with Gasteiger partial charge in [-0.2, -0.15) is 13.2 Å². The minimum absolute atomic E-state index is 0.153. The molecule has 0 fully saturated rings. The molecule has 0 atom stereocenters. The van der Waals surface area contributed by atoms with Gasteiger partial charge in [-0.3, -0.25) is 4.40 Å². The molecule has 2 rings (SSSR count). The summed E-state index contributed by atoms with van der Waals surface area (Å²) < 4.78 is 62.3. The Balaban J connectivity index is 2.75. The predicted molar refractivity (Wildman–Crippen MR) is 62.3 cm³/mol. The van der Waals surface area contributed by atoms with E-state index in [4.69, 9.17) is 5.73 Å². The van der Waals surface area contributed by atoms with E-state index in [0.29, 0.717) is 0 Å². The van der Waals surface area contributed by atoms with Gasteiger partial charge in [-0.05, 0) is 12.1 Å². The van der Waals surface area contributed by atoms with Gasteiger partial charge in [0, 0.05) is 6.20 Å². The van der Waals surface area contributed by atoms with Crippen molar-refractivity contribution >= 4 is 21.3 Å². The first kappa shape index (κ1) is 13.7. The average molecular weight is 293 g/mol. The fraction of sp³-hybridized carbons (Fsp3) is 0.300. The molecule has 0 amide bonds. The van der Waals surface area contributed by atoms with Crippen molar-refractivity contribution in [1.82, 2.24) is 9.38 Å². The zero-order valence-electron chi connectivity index (χ0n) is 9.77. The van der Waals surface area contributed by atoms with Crippen LogP contribution in [-0.2, 0) is 16.0 Å². The fourth-order valence-corrected chi connectivity index (χ4v) is 2.75. The van der Waals surface area contributed by atoms with Gasteiger partial charge >= 0.3 is 6.18 Å². The van der Waals surface area contributed by atoms with Crippen molar-refractivity contribution in [3.05, 3.63) is 23.9 Å². The molecule has 19 heavy (non-hydrogen) atoms. The average Bonchev–Trinajstić information content (AvgIpc) is 2.63. The number of sulfone groups is 1. The molecule has 0 aliphatic carbocycles. The topological polar surface area (TPSA) is 77.5 Å². The number of fused-ring (bicyclic) bond motifs is 1. The molecule has 9 heteroatoms. The van der Waals surface area contributed by atoms with E-state index >= 15 is 0 Å². The van der Waals surface area contributed by atoms with E-state index in [0.717, 1.165) is 22.7 Å². The van der Waals surface area contributed by atoms with E-state index in [2.05, 4.69) is 4.98 Å². The van der Waals surface area contributed by atoms with E-state index in [1.165, 1.54) is 6.92 Å². The second kappa shape index (κ2) is 4.12. The minimum atomic E-state index is -4.52. The van der Waals surface area contributed by atoms with Gasteiger partial charge in [-0.15, -0.1) is 0 Å². The molecule has 0 spiro atoms. The highest BCUT2D eigenvalue weighted by Gasteiger charge is 2.32. The first-order valence-corrected chi connectivity index (χ1v) is 6.89. The molecule has 2 N–H and O–H groups in total. The van der Waals surface area contributed by atoms with Crippen molar-refractivity contribution < 1.29 is 21.6 Å². The number of hydrogen-bond donors (Lipinski definition) is 1.